The van der Waals surface area contributed by atoms with Gasteiger partial charge in [-0.25, -0.2) is 0 Å². The van der Waals surface area contributed by atoms with Crippen molar-refractivity contribution in [1.82, 2.24) is 4.98 Å². The molecule has 1 aromatic heterocycles. The second-order valence-corrected chi connectivity index (χ2v) is 4.97. The van der Waals surface area contributed by atoms with Gasteiger partial charge in [0.25, 0.3) is 0 Å². The van der Waals surface area contributed by atoms with Crippen LogP contribution in [0.25, 0.3) is 6.08 Å². The number of aromatic nitrogens is 1. The predicted octanol–water partition coefficient (Wildman–Crippen LogP) is 3.11. The number of aliphatic hydroxyl groups is 1. The summed E-state index contributed by atoms with van der Waals surface area (Å²) in [6, 6.07) is 11.5. The van der Waals surface area contributed by atoms with E-state index in [1.165, 1.54) is 0 Å². The Labute approximate surface area is 108 Å². The molecule has 0 saturated carbocycles. The lowest BCUT2D eigenvalue weighted by molar-refractivity contribution is 0.133. The lowest BCUT2D eigenvalue weighted by Crippen LogP contribution is -2.24. The minimum absolute atomic E-state index is 0.693. The second-order valence-electron chi connectivity index (χ2n) is 4.05. The number of halogens is 1. The van der Waals surface area contributed by atoms with Crippen molar-refractivity contribution in [1.29, 1.82) is 0 Å². The average molecular weight is 288 g/mol. The molecule has 2 aromatic rings. The monoisotopic (exact) mass is 287 g/mol. The van der Waals surface area contributed by atoms with Gasteiger partial charge in [-0.2, -0.15) is 0 Å². The van der Waals surface area contributed by atoms with Crippen LogP contribution < -0.4 is 0 Å². The molecule has 0 bridgehead atoms. The molecule has 84 valence electrons. The van der Waals surface area contributed by atoms with Crippen molar-refractivity contribution in [2.24, 2.45) is 0 Å². The van der Waals surface area contributed by atoms with Gasteiger partial charge in [0, 0.05) is 10.7 Å². The maximum atomic E-state index is 10.8. The molecule has 3 rings (SSSR count). The molecule has 0 amide bonds. The van der Waals surface area contributed by atoms with E-state index in [1.807, 2.05) is 42.5 Å². The number of rotatable bonds is 1. The summed E-state index contributed by atoms with van der Waals surface area (Å²) >= 11 is 3.42. The molecule has 0 saturated heterocycles. The van der Waals surface area contributed by atoms with Gasteiger partial charge in [0.15, 0.2) is 5.60 Å². The van der Waals surface area contributed by atoms with Gasteiger partial charge in [0.1, 0.15) is 0 Å². The van der Waals surface area contributed by atoms with Crippen molar-refractivity contribution in [2.75, 3.05) is 0 Å². The number of benzene rings is 1. The van der Waals surface area contributed by atoms with E-state index in [1.54, 1.807) is 12.3 Å². The quantitative estimate of drug-likeness (QED) is 0.874. The van der Waals surface area contributed by atoms with E-state index in [4.69, 9.17) is 0 Å². The largest absolute Gasteiger partial charge is 0.375 e. The smallest absolute Gasteiger partial charge is 0.151 e. The summed E-state index contributed by atoms with van der Waals surface area (Å²) < 4.78 is 0.946. The third-order valence-electron chi connectivity index (χ3n) is 2.97. The number of pyridine rings is 1. The lowest BCUT2D eigenvalue weighted by atomic mass is 9.92. The molecule has 1 aliphatic rings. The number of nitrogens with zero attached hydrogens (tertiary/aromatic N) is 1. The normalized spacial score (nSPS) is 21.5. The van der Waals surface area contributed by atoms with E-state index in [9.17, 15) is 5.11 Å². The zero-order chi connectivity index (χ0) is 11.9. The van der Waals surface area contributed by atoms with Crippen LogP contribution in [-0.2, 0) is 5.60 Å². The molecule has 1 unspecified atom stereocenters. The molecular formula is C14H10BrNO. The summed E-state index contributed by atoms with van der Waals surface area (Å²) in [5.74, 6) is 0. The third-order valence-corrected chi connectivity index (χ3v) is 3.46. The van der Waals surface area contributed by atoms with Crippen molar-refractivity contribution < 1.29 is 5.11 Å². The minimum Gasteiger partial charge on any atom is -0.375 e. The van der Waals surface area contributed by atoms with Gasteiger partial charge >= 0.3 is 0 Å². The Hall–Kier alpha value is -1.45. The Kier molecular flexibility index (Phi) is 2.38. The summed E-state index contributed by atoms with van der Waals surface area (Å²) in [5.41, 5.74) is 1.37. The summed E-state index contributed by atoms with van der Waals surface area (Å²) in [4.78, 5) is 4.29. The SMILES string of the molecule is OC1(c2cccc(Br)c2)C=Cc2cccnc21. The average Bonchev–Trinajstić information content (AvgIpc) is 2.69. The standard InChI is InChI=1S/C14H10BrNO/c15-12-5-1-4-11(9-12)14(17)7-6-10-3-2-8-16-13(10)14/h1-9,17H. The highest BCUT2D eigenvalue weighted by Gasteiger charge is 2.35. The first-order valence-corrected chi connectivity index (χ1v) is 6.12. The number of hydrogen-bond donors (Lipinski definition) is 1. The summed E-state index contributed by atoms with van der Waals surface area (Å²) in [6.07, 6.45) is 5.39. The zero-order valence-electron chi connectivity index (χ0n) is 8.97. The van der Waals surface area contributed by atoms with Crippen LogP contribution in [0, 0.1) is 0 Å². The Bertz CT molecular complexity index is 609. The van der Waals surface area contributed by atoms with Gasteiger partial charge in [-0.1, -0.05) is 40.2 Å². The lowest BCUT2D eigenvalue weighted by Gasteiger charge is -2.22. The fraction of sp³-hybridized carbons (Fsp3) is 0.0714. The topological polar surface area (TPSA) is 33.1 Å². The van der Waals surface area contributed by atoms with Gasteiger partial charge in [0.2, 0.25) is 0 Å². The molecule has 1 aromatic carbocycles. The molecule has 3 heteroatoms. The molecule has 0 radical (unpaired) electrons. The zero-order valence-corrected chi connectivity index (χ0v) is 10.6. The molecule has 0 spiro atoms. The van der Waals surface area contributed by atoms with Crippen LogP contribution in [0.1, 0.15) is 16.8 Å². The molecular weight excluding hydrogens is 278 g/mol. The maximum Gasteiger partial charge on any atom is 0.151 e. The van der Waals surface area contributed by atoms with Crippen molar-refractivity contribution in [3.63, 3.8) is 0 Å². The summed E-state index contributed by atoms with van der Waals surface area (Å²) in [6.45, 7) is 0. The Balaban J connectivity index is 2.19. The first kappa shape index (κ1) is 10.7. The van der Waals surface area contributed by atoms with E-state index in [2.05, 4.69) is 20.9 Å². The Morgan fingerprint density at radius 2 is 2.06 bits per heavy atom. The van der Waals surface area contributed by atoms with Crippen LogP contribution in [-0.4, -0.2) is 10.1 Å². The van der Waals surface area contributed by atoms with Crippen molar-refractivity contribution in [3.8, 4) is 0 Å². The van der Waals surface area contributed by atoms with Crippen LogP contribution in [0.15, 0.2) is 53.1 Å². The molecule has 1 heterocycles. The first-order valence-electron chi connectivity index (χ1n) is 5.33. The van der Waals surface area contributed by atoms with Crippen molar-refractivity contribution >= 4 is 22.0 Å². The Morgan fingerprint density at radius 3 is 2.88 bits per heavy atom. The van der Waals surface area contributed by atoms with Gasteiger partial charge in [-0.05, 0) is 35.4 Å². The highest BCUT2D eigenvalue weighted by atomic mass is 79.9. The fourth-order valence-electron chi connectivity index (χ4n) is 2.12. The second kappa shape index (κ2) is 3.79. The summed E-state index contributed by atoms with van der Waals surface area (Å²) in [5, 5.41) is 10.8. The van der Waals surface area contributed by atoms with Gasteiger partial charge in [0.05, 0.1) is 5.69 Å². The van der Waals surface area contributed by atoms with E-state index >= 15 is 0 Å². The molecule has 2 nitrogen and oxygen atoms in total. The molecule has 1 aliphatic carbocycles. The van der Waals surface area contributed by atoms with E-state index in [0.29, 0.717) is 5.69 Å². The number of hydrogen-bond acceptors (Lipinski definition) is 2. The van der Waals surface area contributed by atoms with Crippen LogP contribution >= 0.6 is 15.9 Å². The predicted molar refractivity (Wildman–Crippen MR) is 70.4 cm³/mol. The molecule has 17 heavy (non-hydrogen) atoms. The van der Waals surface area contributed by atoms with Crippen LogP contribution in [0.2, 0.25) is 0 Å². The van der Waals surface area contributed by atoms with E-state index in [0.717, 1.165) is 15.6 Å². The Morgan fingerprint density at radius 1 is 1.18 bits per heavy atom. The fourth-order valence-corrected chi connectivity index (χ4v) is 2.52. The van der Waals surface area contributed by atoms with Crippen LogP contribution in [0.4, 0.5) is 0 Å². The molecule has 0 fully saturated rings. The van der Waals surface area contributed by atoms with E-state index < -0.39 is 5.60 Å². The van der Waals surface area contributed by atoms with Gasteiger partial charge in [-0.15, -0.1) is 0 Å². The summed E-state index contributed by atoms with van der Waals surface area (Å²) in [7, 11) is 0. The number of fused-ring (bicyclic) bond motifs is 1. The van der Waals surface area contributed by atoms with Gasteiger partial charge in [-0.3, -0.25) is 4.98 Å². The molecule has 1 N–H and O–H groups in total. The van der Waals surface area contributed by atoms with E-state index in [-0.39, 0.29) is 0 Å². The van der Waals surface area contributed by atoms with Crippen LogP contribution in [0.5, 0.6) is 0 Å². The third kappa shape index (κ3) is 1.63. The highest BCUT2D eigenvalue weighted by Crippen LogP contribution is 2.38. The van der Waals surface area contributed by atoms with Crippen molar-refractivity contribution in [2.45, 2.75) is 5.60 Å². The van der Waals surface area contributed by atoms with Crippen LogP contribution in [0.3, 0.4) is 0 Å². The molecule has 0 aliphatic heterocycles. The maximum absolute atomic E-state index is 10.8. The minimum atomic E-state index is -1.11. The van der Waals surface area contributed by atoms with Gasteiger partial charge < -0.3 is 5.11 Å². The molecule has 1 atom stereocenters. The van der Waals surface area contributed by atoms with Crippen molar-refractivity contribution in [3.05, 3.63) is 70.0 Å². The first-order chi connectivity index (χ1) is 8.20. The highest BCUT2D eigenvalue weighted by molar-refractivity contribution is 9.10.